The van der Waals surface area contributed by atoms with Crippen LogP contribution in [0.15, 0.2) is 48.7 Å². The molecule has 1 N–H and O–H groups in total. The maximum absolute atomic E-state index is 12.5. The third-order valence-electron chi connectivity index (χ3n) is 5.70. The molecule has 1 aliphatic heterocycles. The van der Waals surface area contributed by atoms with Gasteiger partial charge in [-0.25, -0.2) is 4.98 Å². The molecule has 1 aromatic heterocycles. The molecule has 1 aromatic carbocycles. The standard InChI is InChI=1S/C24H33N5O2/c1-3-27(4-2)22-13-12-20(19-26-22)24(31)25-14-8-11-23(30)29-17-15-28(16-18-29)21-9-6-5-7-10-21/h5-7,9-10,12-13,19H,3-4,8,11,14-18H2,1-2H3,(H,25,31). The number of nitrogens with one attached hydrogen (secondary N) is 1. The topological polar surface area (TPSA) is 68.8 Å². The van der Waals surface area contributed by atoms with Crippen LogP contribution in [0, 0.1) is 0 Å². The van der Waals surface area contributed by atoms with Crippen molar-refractivity contribution in [3.8, 4) is 0 Å². The van der Waals surface area contributed by atoms with E-state index in [1.165, 1.54) is 5.69 Å². The summed E-state index contributed by atoms with van der Waals surface area (Å²) in [6.45, 7) is 9.58. The van der Waals surface area contributed by atoms with Gasteiger partial charge in [-0.3, -0.25) is 9.59 Å². The van der Waals surface area contributed by atoms with E-state index in [-0.39, 0.29) is 11.8 Å². The van der Waals surface area contributed by atoms with Crippen molar-refractivity contribution in [3.05, 3.63) is 54.2 Å². The zero-order valence-corrected chi connectivity index (χ0v) is 18.6. The van der Waals surface area contributed by atoms with E-state index in [2.05, 4.69) is 46.1 Å². The first-order valence-corrected chi connectivity index (χ1v) is 11.2. The summed E-state index contributed by atoms with van der Waals surface area (Å²) in [5.41, 5.74) is 1.75. The summed E-state index contributed by atoms with van der Waals surface area (Å²) in [6, 6.07) is 14.0. The van der Waals surface area contributed by atoms with Gasteiger partial charge in [-0.1, -0.05) is 18.2 Å². The second kappa shape index (κ2) is 11.3. The molecule has 31 heavy (non-hydrogen) atoms. The minimum atomic E-state index is -0.150. The van der Waals surface area contributed by atoms with Gasteiger partial charge in [0.05, 0.1) is 5.56 Å². The molecule has 1 saturated heterocycles. The fourth-order valence-corrected chi connectivity index (χ4v) is 3.81. The third kappa shape index (κ3) is 6.20. The summed E-state index contributed by atoms with van der Waals surface area (Å²) in [4.78, 5) is 35.6. The summed E-state index contributed by atoms with van der Waals surface area (Å²) in [5, 5.41) is 2.89. The van der Waals surface area contributed by atoms with Gasteiger partial charge >= 0.3 is 0 Å². The van der Waals surface area contributed by atoms with Gasteiger partial charge in [-0.05, 0) is 44.5 Å². The van der Waals surface area contributed by atoms with Crippen LogP contribution in [0.25, 0.3) is 0 Å². The lowest BCUT2D eigenvalue weighted by Gasteiger charge is -2.36. The minimum Gasteiger partial charge on any atom is -0.368 e. The van der Waals surface area contributed by atoms with Gasteiger partial charge in [0, 0.05) is 64.1 Å². The number of nitrogens with zero attached hydrogens (tertiary/aromatic N) is 4. The number of para-hydroxylation sites is 1. The average molecular weight is 424 g/mol. The molecule has 7 heteroatoms. The number of hydrogen-bond donors (Lipinski definition) is 1. The number of hydrogen-bond acceptors (Lipinski definition) is 5. The van der Waals surface area contributed by atoms with Crippen LogP contribution < -0.4 is 15.1 Å². The van der Waals surface area contributed by atoms with Crippen LogP contribution in [0.5, 0.6) is 0 Å². The molecule has 2 heterocycles. The number of carbonyl (C=O) groups excluding carboxylic acids is 2. The fraction of sp³-hybridized carbons (Fsp3) is 0.458. The summed E-state index contributed by atoms with van der Waals surface area (Å²) in [5.74, 6) is 0.884. The fourth-order valence-electron chi connectivity index (χ4n) is 3.81. The Kier molecular flexibility index (Phi) is 8.27. The predicted molar refractivity (Wildman–Crippen MR) is 125 cm³/mol. The first kappa shape index (κ1) is 22.6. The molecule has 1 fully saturated rings. The molecular formula is C24H33N5O2. The Bertz CT molecular complexity index is 829. The quantitative estimate of drug-likeness (QED) is 0.628. The van der Waals surface area contributed by atoms with Crippen molar-refractivity contribution in [2.24, 2.45) is 0 Å². The van der Waals surface area contributed by atoms with Gasteiger partial charge in [-0.2, -0.15) is 0 Å². The van der Waals surface area contributed by atoms with E-state index in [9.17, 15) is 9.59 Å². The summed E-state index contributed by atoms with van der Waals surface area (Å²) in [7, 11) is 0. The Morgan fingerprint density at radius 2 is 1.71 bits per heavy atom. The Morgan fingerprint density at radius 1 is 1.00 bits per heavy atom. The number of pyridine rings is 1. The van der Waals surface area contributed by atoms with Crippen LogP contribution in [0.2, 0.25) is 0 Å². The zero-order chi connectivity index (χ0) is 22.1. The highest BCUT2D eigenvalue weighted by Gasteiger charge is 2.20. The Morgan fingerprint density at radius 3 is 2.32 bits per heavy atom. The average Bonchev–Trinajstić information content (AvgIpc) is 2.83. The molecular weight excluding hydrogens is 390 g/mol. The van der Waals surface area contributed by atoms with Crippen LogP contribution >= 0.6 is 0 Å². The molecule has 2 aromatic rings. The highest BCUT2D eigenvalue weighted by atomic mass is 16.2. The Labute approximate surface area is 185 Å². The zero-order valence-electron chi connectivity index (χ0n) is 18.6. The number of carbonyl (C=O) groups is 2. The first-order valence-electron chi connectivity index (χ1n) is 11.2. The molecule has 2 amide bonds. The van der Waals surface area contributed by atoms with E-state index in [1.807, 2.05) is 29.2 Å². The summed E-state index contributed by atoms with van der Waals surface area (Å²) < 4.78 is 0. The van der Waals surface area contributed by atoms with Gasteiger partial charge in [0.25, 0.3) is 5.91 Å². The molecule has 3 rings (SSSR count). The second-order valence-corrected chi connectivity index (χ2v) is 7.64. The highest BCUT2D eigenvalue weighted by Crippen LogP contribution is 2.16. The van der Waals surface area contributed by atoms with Crippen LogP contribution in [-0.4, -0.2) is 67.5 Å². The van der Waals surface area contributed by atoms with Crippen LogP contribution in [0.3, 0.4) is 0 Å². The maximum Gasteiger partial charge on any atom is 0.252 e. The van der Waals surface area contributed by atoms with Crippen molar-refractivity contribution in [1.82, 2.24) is 15.2 Å². The van der Waals surface area contributed by atoms with Crippen LogP contribution in [0.4, 0.5) is 11.5 Å². The highest BCUT2D eigenvalue weighted by molar-refractivity contribution is 5.94. The molecule has 1 aliphatic rings. The van der Waals surface area contributed by atoms with Crippen molar-refractivity contribution >= 4 is 23.3 Å². The van der Waals surface area contributed by atoms with Gasteiger partial charge in [0.1, 0.15) is 5.82 Å². The van der Waals surface area contributed by atoms with Gasteiger partial charge < -0.3 is 20.0 Å². The number of rotatable bonds is 9. The lowest BCUT2D eigenvalue weighted by Crippen LogP contribution is -2.48. The molecule has 0 unspecified atom stereocenters. The number of aromatic nitrogens is 1. The summed E-state index contributed by atoms with van der Waals surface area (Å²) in [6.07, 6.45) is 2.69. The largest absolute Gasteiger partial charge is 0.368 e. The number of amides is 2. The Hall–Kier alpha value is -3.09. The lowest BCUT2D eigenvalue weighted by molar-refractivity contribution is -0.131. The van der Waals surface area contributed by atoms with Crippen molar-refractivity contribution in [1.29, 1.82) is 0 Å². The molecule has 166 valence electrons. The molecule has 0 bridgehead atoms. The SMILES string of the molecule is CCN(CC)c1ccc(C(=O)NCCCC(=O)N2CCN(c3ccccc3)CC2)cn1. The lowest BCUT2D eigenvalue weighted by atomic mass is 10.2. The second-order valence-electron chi connectivity index (χ2n) is 7.64. The number of piperazine rings is 1. The van der Waals surface area contributed by atoms with Gasteiger partial charge in [0.15, 0.2) is 0 Å². The van der Waals surface area contributed by atoms with Crippen LogP contribution in [-0.2, 0) is 4.79 Å². The first-order chi connectivity index (χ1) is 15.1. The van der Waals surface area contributed by atoms with E-state index in [0.717, 1.165) is 45.1 Å². The molecule has 0 atom stereocenters. The Balaban J connectivity index is 1.36. The monoisotopic (exact) mass is 423 g/mol. The molecule has 0 spiro atoms. The van der Waals surface area contributed by atoms with Crippen molar-refractivity contribution in [2.75, 3.05) is 55.6 Å². The van der Waals surface area contributed by atoms with Crippen LogP contribution in [0.1, 0.15) is 37.0 Å². The van der Waals surface area contributed by atoms with Gasteiger partial charge in [-0.15, -0.1) is 0 Å². The van der Waals surface area contributed by atoms with Crippen molar-refractivity contribution < 1.29 is 9.59 Å². The smallest absolute Gasteiger partial charge is 0.252 e. The molecule has 0 aliphatic carbocycles. The normalized spacial score (nSPS) is 13.7. The van der Waals surface area contributed by atoms with Gasteiger partial charge in [0.2, 0.25) is 5.91 Å². The van der Waals surface area contributed by atoms with Crippen molar-refractivity contribution in [3.63, 3.8) is 0 Å². The number of benzene rings is 1. The predicted octanol–water partition coefficient (Wildman–Crippen LogP) is 2.79. The van der Waals surface area contributed by atoms with E-state index in [0.29, 0.717) is 24.9 Å². The molecule has 0 radical (unpaired) electrons. The van der Waals surface area contributed by atoms with Crippen molar-refractivity contribution in [2.45, 2.75) is 26.7 Å². The minimum absolute atomic E-state index is 0.150. The summed E-state index contributed by atoms with van der Waals surface area (Å²) >= 11 is 0. The van der Waals surface area contributed by atoms with E-state index in [4.69, 9.17) is 0 Å². The molecule has 7 nitrogen and oxygen atoms in total. The van der Waals surface area contributed by atoms with E-state index < -0.39 is 0 Å². The maximum atomic E-state index is 12.5. The third-order valence-corrected chi connectivity index (χ3v) is 5.70. The molecule has 0 saturated carbocycles. The van der Waals surface area contributed by atoms with E-state index in [1.54, 1.807) is 12.3 Å². The number of anilines is 2. The van der Waals surface area contributed by atoms with E-state index >= 15 is 0 Å².